The van der Waals surface area contributed by atoms with E-state index in [4.69, 9.17) is 15.4 Å². The molecule has 0 aliphatic rings. The molecule has 1 aromatic carbocycles. The van der Waals surface area contributed by atoms with Crippen molar-refractivity contribution < 1.29 is 9.62 Å². The third kappa shape index (κ3) is 2.47. The number of rotatable bonds is 2. The lowest BCUT2D eigenvalue weighted by Crippen LogP contribution is -2.25. The van der Waals surface area contributed by atoms with Gasteiger partial charge in [0.2, 0.25) is 0 Å². The highest BCUT2D eigenvalue weighted by molar-refractivity contribution is 5.82. The summed E-state index contributed by atoms with van der Waals surface area (Å²) in [5, 5.41) is 11.5. The number of nitrogens with two attached hydrogens (primary N) is 1. The Morgan fingerprint density at radius 2 is 2.16 bits per heavy atom. The molecule has 0 fully saturated rings. The van der Waals surface area contributed by atoms with E-state index in [0.29, 0.717) is 11.1 Å². The second-order valence-electron chi connectivity index (χ2n) is 5.48. The van der Waals surface area contributed by atoms with Crippen LogP contribution in [0.15, 0.2) is 32.6 Å². The Hall–Kier alpha value is -2.24. The summed E-state index contributed by atoms with van der Waals surface area (Å²) in [6.07, 6.45) is 0. The number of nitrogens with zero attached hydrogens (tertiary/aromatic N) is 2. The summed E-state index contributed by atoms with van der Waals surface area (Å²) < 4.78 is 6.47. The first-order valence-corrected chi connectivity index (χ1v) is 5.93. The molecule has 3 N–H and O–H groups in total. The van der Waals surface area contributed by atoms with Crippen LogP contribution < -0.4 is 11.5 Å². The maximum atomic E-state index is 11.8. The fourth-order valence-electron chi connectivity index (χ4n) is 1.87. The van der Waals surface area contributed by atoms with Gasteiger partial charge in [-0.1, -0.05) is 32.0 Å². The minimum absolute atomic E-state index is 0.00404. The lowest BCUT2D eigenvalue weighted by atomic mass is 9.87. The Balaban J connectivity index is 2.63. The van der Waals surface area contributed by atoms with Gasteiger partial charge in [-0.3, -0.25) is 4.57 Å². The van der Waals surface area contributed by atoms with E-state index in [1.807, 2.05) is 12.1 Å². The Morgan fingerprint density at radius 3 is 2.74 bits per heavy atom. The largest absolute Gasteiger partial charge is 0.420 e. The summed E-state index contributed by atoms with van der Waals surface area (Å²) in [5.41, 5.74) is 7.62. The van der Waals surface area contributed by atoms with Crippen LogP contribution in [-0.4, -0.2) is 15.6 Å². The summed E-state index contributed by atoms with van der Waals surface area (Å²) in [4.78, 5) is 11.8. The maximum absolute atomic E-state index is 11.8. The van der Waals surface area contributed by atoms with Crippen LogP contribution in [0.1, 0.15) is 26.3 Å². The van der Waals surface area contributed by atoms with E-state index in [9.17, 15) is 4.79 Å². The minimum Gasteiger partial charge on any atom is -0.409 e. The average molecular weight is 263 g/mol. The Morgan fingerprint density at radius 1 is 1.47 bits per heavy atom. The van der Waals surface area contributed by atoms with Crippen molar-refractivity contribution >= 4 is 16.9 Å². The highest BCUT2D eigenvalue weighted by Gasteiger charge is 2.17. The van der Waals surface area contributed by atoms with Crippen LogP contribution >= 0.6 is 0 Å². The van der Waals surface area contributed by atoms with Crippen LogP contribution in [0.4, 0.5) is 0 Å². The van der Waals surface area contributed by atoms with Crippen LogP contribution in [0.2, 0.25) is 0 Å². The fraction of sp³-hybridized carbons (Fsp3) is 0.385. The van der Waals surface area contributed by atoms with Gasteiger partial charge in [-0.25, -0.2) is 4.79 Å². The molecule has 0 saturated carbocycles. The van der Waals surface area contributed by atoms with Gasteiger partial charge in [0.25, 0.3) is 0 Å². The Bertz CT molecular complexity index is 689. The normalized spacial score (nSPS) is 13.1. The highest BCUT2D eigenvalue weighted by atomic mass is 16.4. The van der Waals surface area contributed by atoms with E-state index >= 15 is 0 Å². The van der Waals surface area contributed by atoms with Gasteiger partial charge in [-0.2, -0.15) is 0 Å². The molecule has 0 atom stereocenters. The third-order valence-corrected chi connectivity index (χ3v) is 2.98. The lowest BCUT2D eigenvalue weighted by molar-refractivity contribution is 0.316. The number of oxazole rings is 1. The van der Waals surface area contributed by atoms with Gasteiger partial charge in [0, 0.05) is 0 Å². The van der Waals surface area contributed by atoms with Crippen molar-refractivity contribution in [2.45, 2.75) is 32.7 Å². The second kappa shape index (κ2) is 4.46. The Labute approximate surface area is 110 Å². The van der Waals surface area contributed by atoms with E-state index in [1.54, 1.807) is 6.07 Å². The van der Waals surface area contributed by atoms with Gasteiger partial charge in [0.15, 0.2) is 11.4 Å². The molecule has 19 heavy (non-hydrogen) atoms. The van der Waals surface area contributed by atoms with Gasteiger partial charge >= 0.3 is 5.76 Å². The molecular weight excluding hydrogens is 246 g/mol. The number of aromatic nitrogens is 1. The van der Waals surface area contributed by atoms with Crippen molar-refractivity contribution in [1.82, 2.24) is 4.57 Å². The zero-order valence-corrected chi connectivity index (χ0v) is 11.2. The van der Waals surface area contributed by atoms with Crippen LogP contribution in [0, 0.1) is 0 Å². The number of oxime groups is 1. The minimum atomic E-state index is -0.521. The third-order valence-electron chi connectivity index (χ3n) is 2.98. The molecule has 102 valence electrons. The molecule has 6 nitrogen and oxygen atoms in total. The number of amidine groups is 1. The van der Waals surface area contributed by atoms with Gasteiger partial charge in [0.05, 0.1) is 12.1 Å². The van der Waals surface area contributed by atoms with Crippen molar-refractivity contribution in [1.29, 1.82) is 0 Å². The summed E-state index contributed by atoms with van der Waals surface area (Å²) in [6.45, 7) is 6.25. The molecule has 0 bridgehead atoms. The van der Waals surface area contributed by atoms with Crippen LogP contribution in [-0.2, 0) is 12.0 Å². The van der Waals surface area contributed by atoms with Crippen LogP contribution in [0.25, 0.3) is 11.1 Å². The van der Waals surface area contributed by atoms with Crippen molar-refractivity contribution in [3.63, 3.8) is 0 Å². The van der Waals surface area contributed by atoms with E-state index in [2.05, 4.69) is 25.9 Å². The molecule has 0 spiro atoms. The van der Waals surface area contributed by atoms with Gasteiger partial charge in [0.1, 0.15) is 0 Å². The smallest absolute Gasteiger partial charge is 0.409 e. The standard InChI is InChI=1S/C13H17N3O3/c1-13(2,3)8-4-5-10-9(6-8)16(12(17)19-10)7-11(14)15-18/h4-6,18H,7H2,1-3H3,(H2,14,15). The zero-order chi connectivity index (χ0) is 14.2. The fourth-order valence-corrected chi connectivity index (χ4v) is 1.87. The van der Waals surface area contributed by atoms with E-state index < -0.39 is 5.76 Å². The monoisotopic (exact) mass is 263 g/mol. The van der Waals surface area contributed by atoms with E-state index in [1.165, 1.54) is 4.57 Å². The number of fused-ring (bicyclic) bond motifs is 1. The molecular formula is C13H17N3O3. The lowest BCUT2D eigenvalue weighted by Gasteiger charge is -2.18. The van der Waals surface area contributed by atoms with Crippen molar-refractivity contribution in [3.05, 3.63) is 34.3 Å². The summed E-state index contributed by atoms with van der Waals surface area (Å²) in [7, 11) is 0. The summed E-state index contributed by atoms with van der Waals surface area (Å²) in [6, 6.07) is 5.59. The second-order valence-corrected chi connectivity index (χ2v) is 5.48. The van der Waals surface area contributed by atoms with E-state index in [-0.39, 0.29) is 17.8 Å². The number of hydrogen-bond acceptors (Lipinski definition) is 4. The molecule has 1 heterocycles. The molecule has 2 aromatic rings. The first-order chi connectivity index (χ1) is 8.82. The number of benzene rings is 1. The first-order valence-electron chi connectivity index (χ1n) is 5.93. The predicted molar refractivity (Wildman–Crippen MR) is 72.6 cm³/mol. The quantitative estimate of drug-likeness (QED) is 0.373. The molecule has 6 heteroatoms. The average Bonchev–Trinajstić information content (AvgIpc) is 2.64. The van der Waals surface area contributed by atoms with Crippen LogP contribution in [0.3, 0.4) is 0 Å². The zero-order valence-electron chi connectivity index (χ0n) is 11.2. The maximum Gasteiger partial charge on any atom is 0.420 e. The molecule has 0 unspecified atom stereocenters. The number of hydrogen-bond donors (Lipinski definition) is 2. The molecule has 0 amide bonds. The molecule has 0 radical (unpaired) electrons. The SMILES string of the molecule is CC(C)(C)c1ccc2oc(=O)n(C/C(N)=N\O)c2c1. The summed E-state index contributed by atoms with van der Waals surface area (Å²) in [5.74, 6) is -0.571. The first kappa shape index (κ1) is 13.2. The molecule has 2 rings (SSSR count). The van der Waals surface area contributed by atoms with Gasteiger partial charge in [-0.15, -0.1) is 0 Å². The van der Waals surface area contributed by atoms with Crippen LogP contribution in [0.5, 0.6) is 0 Å². The topological polar surface area (TPSA) is 93.8 Å². The van der Waals surface area contributed by atoms with E-state index in [0.717, 1.165) is 5.56 Å². The van der Waals surface area contributed by atoms with Crippen molar-refractivity contribution in [3.8, 4) is 0 Å². The van der Waals surface area contributed by atoms with Gasteiger partial charge < -0.3 is 15.4 Å². The predicted octanol–water partition coefficient (Wildman–Crippen LogP) is 1.64. The molecule has 0 aliphatic carbocycles. The molecule has 0 saturated heterocycles. The van der Waals surface area contributed by atoms with Gasteiger partial charge in [-0.05, 0) is 23.1 Å². The summed E-state index contributed by atoms with van der Waals surface area (Å²) >= 11 is 0. The van der Waals surface area contributed by atoms with Crippen molar-refractivity contribution in [2.75, 3.05) is 0 Å². The molecule has 0 aliphatic heterocycles. The molecule has 1 aromatic heterocycles. The highest BCUT2D eigenvalue weighted by Crippen LogP contribution is 2.25. The van der Waals surface area contributed by atoms with Crippen molar-refractivity contribution in [2.24, 2.45) is 10.9 Å². The Kier molecular flexibility index (Phi) is 3.09.